The third kappa shape index (κ3) is 5.93. The zero-order chi connectivity index (χ0) is 13.3. The van der Waals surface area contributed by atoms with Gasteiger partial charge in [-0.3, -0.25) is 4.99 Å². The van der Waals surface area contributed by atoms with Gasteiger partial charge >= 0.3 is 0 Å². The standard InChI is InChI=1S/C12H25N3O2S/c1-3-13-11(14-6-7-17-4-2)15-9-12(16)5-8-18-10-12/h16H,3-10H2,1-2H3,(H2,13,14,15). The summed E-state index contributed by atoms with van der Waals surface area (Å²) in [6.07, 6.45) is 0.833. The van der Waals surface area contributed by atoms with Crippen LogP contribution in [0.25, 0.3) is 0 Å². The second-order valence-electron chi connectivity index (χ2n) is 4.35. The number of nitrogens with zero attached hydrogens (tertiary/aromatic N) is 1. The maximum atomic E-state index is 10.2. The van der Waals surface area contributed by atoms with E-state index < -0.39 is 5.60 Å². The van der Waals surface area contributed by atoms with Crippen LogP contribution in [0.2, 0.25) is 0 Å². The number of nitrogens with one attached hydrogen (secondary N) is 2. The van der Waals surface area contributed by atoms with E-state index in [-0.39, 0.29) is 0 Å². The molecule has 1 saturated heterocycles. The molecular weight excluding hydrogens is 250 g/mol. The van der Waals surface area contributed by atoms with E-state index in [2.05, 4.69) is 15.6 Å². The van der Waals surface area contributed by atoms with Gasteiger partial charge in [0.2, 0.25) is 0 Å². The minimum atomic E-state index is -0.618. The van der Waals surface area contributed by atoms with Crippen LogP contribution in [0.5, 0.6) is 0 Å². The van der Waals surface area contributed by atoms with E-state index >= 15 is 0 Å². The fourth-order valence-electron chi connectivity index (χ4n) is 1.68. The molecule has 1 heterocycles. The molecule has 0 bridgehead atoms. The van der Waals surface area contributed by atoms with Gasteiger partial charge in [0.15, 0.2) is 5.96 Å². The van der Waals surface area contributed by atoms with Crippen molar-refractivity contribution >= 4 is 17.7 Å². The van der Waals surface area contributed by atoms with Crippen LogP contribution in [0.4, 0.5) is 0 Å². The molecule has 1 aliphatic rings. The molecule has 0 amide bonds. The predicted octanol–water partition coefficient (Wildman–Crippen LogP) is 0.446. The van der Waals surface area contributed by atoms with E-state index in [9.17, 15) is 5.11 Å². The van der Waals surface area contributed by atoms with Gasteiger partial charge in [-0.15, -0.1) is 0 Å². The van der Waals surface area contributed by atoms with Gasteiger partial charge < -0.3 is 20.5 Å². The molecule has 6 heteroatoms. The summed E-state index contributed by atoms with van der Waals surface area (Å²) in [5, 5.41) is 16.6. The smallest absolute Gasteiger partial charge is 0.191 e. The minimum absolute atomic E-state index is 0.462. The predicted molar refractivity (Wildman–Crippen MR) is 77.4 cm³/mol. The van der Waals surface area contributed by atoms with E-state index in [1.165, 1.54) is 0 Å². The van der Waals surface area contributed by atoms with Crippen LogP contribution >= 0.6 is 11.8 Å². The topological polar surface area (TPSA) is 65.9 Å². The zero-order valence-electron chi connectivity index (χ0n) is 11.4. The molecule has 0 spiro atoms. The van der Waals surface area contributed by atoms with Gasteiger partial charge in [0.25, 0.3) is 0 Å². The SMILES string of the molecule is CCNC(=NCC1(O)CCSC1)NCCOCC. The summed E-state index contributed by atoms with van der Waals surface area (Å²) in [7, 11) is 0. The number of ether oxygens (including phenoxy) is 1. The molecular formula is C12H25N3O2S. The fourth-order valence-corrected chi connectivity index (χ4v) is 2.96. The molecule has 0 aromatic carbocycles. The Morgan fingerprint density at radius 1 is 1.44 bits per heavy atom. The molecule has 1 fully saturated rings. The number of thioether (sulfide) groups is 1. The maximum Gasteiger partial charge on any atom is 0.191 e. The van der Waals surface area contributed by atoms with Crippen molar-refractivity contribution < 1.29 is 9.84 Å². The van der Waals surface area contributed by atoms with Crippen molar-refractivity contribution in [3.05, 3.63) is 0 Å². The van der Waals surface area contributed by atoms with Crippen molar-refractivity contribution in [3.63, 3.8) is 0 Å². The zero-order valence-corrected chi connectivity index (χ0v) is 12.2. The molecule has 1 atom stereocenters. The second-order valence-corrected chi connectivity index (χ2v) is 5.45. The highest BCUT2D eigenvalue weighted by Gasteiger charge is 2.31. The van der Waals surface area contributed by atoms with Crippen molar-refractivity contribution in [2.45, 2.75) is 25.9 Å². The molecule has 5 nitrogen and oxygen atoms in total. The molecule has 106 valence electrons. The highest BCUT2D eigenvalue weighted by atomic mass is 32.2. The number of rotatable bonds is 7. The first-order valence-corrected chi connectivity index (χ1v) is 7.75. The quantitative estimate of drug-likeness (QED) is 0.357. The molecule has 0 aromatic rings. The van der Waals surface area contributed by atoms with Crippen molar-refractivity contribution in [1.29, 1.82) is 0 Å². The summed E-state index contributed by atoms with van der Waals surface area (Å²) < 4.78 is 5.26. The molecule has 1 unspecified atom stereocenters. The molecule has 1 aliphatic heterocycles. The Morgan fingerprint density at radius 3 is 2.89 bits per heavy atom. The van der Waals surface area contributed by atoms with Crippen LogP contribution in [0.3, 0.4) is 0 Å². The summed E-state index contributed by atoms with van der Waals surface area (Å²) in [6, 6.07) is 0. The largest absolute Gasteiger partial charge is 0.387 e. The normalized spacial score (nSPS) is 24.3. The van der Waals surface area contributed by atoms with E-state index in [0.717, 1.165) is 43.6 Å². The fraction of sp³-hybridized carbons (Fsp3) is 0.917. The number of hydrogen-bond acceptors (Lipinski definition) is 4. The third-order valence-corrected chi connectivity index (χ3v) is 3.94. The van der Waals surface area contributed by atoms with Crippen molar-refractivity contribution in [3.8, 4) is 0 Å². The van der Waals surface area contributed by atoms with Crippen LogP contribution in [-0.4, -0.2) is 61.0 Å². The molecule has 18 heavy (non-hydrogen) atoms. The number of aliphatic imine (C=N–C) groups is 1. The van der Waals surface area contributed by atoms with Gasteiger partial charge in [-0.25, -0.2) is 0 Å². The van der Waals surface area contributed by atoms with Gasteiger partial charge in [0.1, 0.15) is 0 Å². The van der Waals surface area contributed by atoms with Crippen LogP contribution in [-0.2, 0) is 4.74 Å². The van der Waals surface area contributed by atoms with Crippen LogP contribution in [0.15, 0.2) is 4.99 Å². The molecule has 3 N–H and O–H groups in total. The lowest BCUT2D eigenvalue weighted by Crippen LogP contribution is -2.41. The first kappa shape index (κ1) is 15.6. The highest BCUT2D eigenvalue weighted by Crippen LogP contribution is 2.27. The Balaban J connectivity index is 2.34. The van der Waals surface area contributed by atoms with Crippen LogP contribution in [0, 0.1) is 0 Å². The maximum absolute atomic E-state index is 10.2. The van der Waals surface area contributed by atoms with Crippen molar-refractivity contribution in [2.75, 3.05) is 44.4 Å². The Hall–Kier alpha value is -0.460. The molecule has 0 radical (unpaired) electrons. The molecule has 0 saturated carbocycles. The Kier molecular flexibility index (Phi) is 7.46. The van der Waals surface area contributed by atoms with Gasteiger partial charge in [-0.2, -0.15) is 11.8 Å². The van der Waals surface area contributed by atoms with E-state index in [1.807, 2.05) is 13.8 Å². The van der Waals surface area contributed by atoms with Crippen LogP contribution < -0.4 is 10.6 Å². The van der Waals surface area contributed by atoms with Crippen molar-refractivity contribution in [2.24, 2.45) is 4.99 Å². The first-order valence-electron chi connectivity index (χ1n) is 6.60. The second kappa shape index (κ2) is 8.61. The summed E-state index contributed by atoms with van der Waals surface area (Å²) in [5.74, 6) is 2.57. The number of hydrogen-bond donors (Lipinski definition) is 3. The highest BCUT2D eigenvalue weighted by molar-refractivity contribution is 7.99. The van der Waals surface area contributed by atoms with E-state index in [0.29, 0.717) is 13.2 Å². The van der Waals surface area contributed by atoms with Gasteiger partial charge in [-0.1, -0.05) is 0 Å². The van der Waals surface area contributed by atoms with Gasteiger partial charge in [-0.05, 0) is 26.0 Å². The van der Waals surface area contributed by atoms with Crippen molar-refractivity contribution in [1.82, 2.24) is 10.6 Å². The third-order valence-electron chi connectivity index (χ3n) is 2.70. The first-order chi connectivity index (χ1) is 8.70. The van der Waals surface area contributed by atoms with E-state index in [1.54, 1.807) is 11.8 Å². The average molecular weight is 275 g/mol. The number of aliphatic hydroxyl groups is 1. The lowest BCUT2D eigenvalue weighted by molar-refractivity contribution is 0.0778. The van der Waals surface area contributed by atoms with Gasteiger partial charge in [0, 0.05) is 25.4 Å². The minimum Gasteiger partial charge on any atom is -0.387 e. The van der Waals surface area contributed by atoms with E-state index in [4.69, 9.17) is 4.74 Å². The summed E-state index contributed by atoms with van der Waals surface area (Å²) in [5.41, 5.74) is -0.618. The Morgan fingerprint density at radius 2 is 2.28 bits per heavy atom. The molecule has 0 aliphatic carbocycles. The average Bonchev–Trinajstić information content (AvgIpc) is 2.79. The van der Waals surface area contributed by atoms with Gasteiger partial charge in [0.05, 0.1) is 18.8 Å². The molecule has 1 rings (SSSR count). The summed E-state index contributed by atoms with van der Waals surface area (Å²) in [6.45, 7) is 7.41. The molecule has 0 aromatic heterocycles. The monoisotopic (exact) mass is 275 g/mol. The lowest BCUT2D eigenvalue weighted by Gasteiger charge is -2.19. The number of guanidine groups is 1. The summed E-state index contributed by atoms with van der Waals surface area (Å²) in [4.78, 5) is 4.44. The lowest BCUT2D eigenvalue weighted by atomic mass is 10.1. The summed E-state index contributed by atoms with van der Waals surface area (Å²) >= 11 is 1.79. The Bertz CT molecular complexity index is 256. The van der Waals surface area contributed by atoms with Crippen LogP contribution in [0.1, 0.15) is 20.3 Å². The Labute approximate surface area is 114 Å².